The first-order chi connectivity index (χ1) is 7.30. The topological polar surface area (TPSA) is 31.0 Å². The molecule has 0 radical (unpaired) electrons. The summed E-state index contributed by atoms with van der Waals surface area (Å²) in [5, 5.41) is 0. The SMILES string of the molecule is C1CCC2CCC3OC34OC(CC1)(C2)O4. The fraction of sp³-hybridized carbons (Fsp3) is 1.00. The molecule has 2 unspecified atom stereocenters. The number of rotatable bonds is 0. The van der Waals surface area contributed by atoms with Crippen molar-refractivity contribution in [1.82, 2.24) is 0 Å². The van der Waals surface area contributed by atoms with Gasteiger partial charge in [0, 0.05) is 12.8 Å². The summed E-state index contributed by atoms with van der Waals surface area (Å²) in [4.78, 5) is 0. The molecular formula is C12H18O3. The summed E-state index contributed by atoms with van der Waals surface area (Å²) in [6.45, 7) is 0. The summed E-state index contributed by atoms with van der Waals surface area (Å²) in [6, 6.07) is 0. The van der Waals surface area contributed by atoms with Crippen molar-refractivity contribution in [2.24, 2.45) is 5.92 Å². The summed E-state index contributed by atoms with van der Waals surface area (Å²) >= 11 is 0. The van der Waals surface area contributed by atoms with E-state index in [0.717, 1.165) is 25.2 Å². The molecule has 2 spiro atoms. The van der Waals surface area contributed by atoms with E-state index in [1.165, 1.54) is 32.1 Å². The summed E-state index contributed by atoms with van der Waals surface area (Å²) in [5.74, 6) is -0.0162. The molecule has 4 aliphatic heterocycles. The van der Waals surface area contributed by atoms with E-state index in [2.05, 4.69) is 0 Å². The van der Waals surface area contributed by atoms with E-state index in [4.69, 9.17) is 14.2 Å². The van der Waals surface area contributed by atoms with Crippen LogP contribution in [0.1, 0.15) is 51.4 Å². The summed E-state index contributed by atoms with van der Waals surface area (Å²) < 4.78 is 17.5. The predicted octanol–water partition coefficient (Wildman–Crippen LogP) is 2.55. The molecule has 5 rings (SSSR count). The highest BCUT2D eigenvalue weighted by atomic mass is 17.1. The minimum atomic E-state index is -0.565. The van der Waals surface area contributed by atoms with Crippen LogP contribution in [0.4, 0.5) is 0 Å². The molecule has 3 heteroatoms. The van der Waals surface area contributed by atoms with E-state index in [9.17, 15) is 0 Å². The lowest BCUT2D eigenvalue weighted by atomic mass is 9.82. The van der Waals surface area contributed by atoms with E-state index in [0.29, 0.717) is 0 Å². The van der Waals surface area contributed by atoms with Crippen molar-refractivity contribution in [3.8, 4) is 0 Å². The molecule has 0 aromatic rings. The van der Waals surface area contributed by atoms with Gasteiger partial charge in [0.1, 0.15) is 6.10 Å². The Morgan fingerprint density at radius 1 is 0.933 bits per heavy atom. The van der Waals surface area contributed by atoms with Gasteiger partial charge in [-0.25, -0.2) is 0 Å². The van der Waals surface area contributed by atoms with E-state index in [1.807, 2.05) is 0 Å². The third kappa shape index (κ3) is 1.23. The van der Waals surface area contributed by atoms with Gasteiger partial charge in [-0.2, -0.15) is 0 Å². The quantitative estimate of drug-likeness (QED) is 0.576. The predicted molar refractivity (Wildman–Crippen MR) is 52.9 cm³/mol. The molecule has 5 aliphatic rings. The van der Waals surface area contributed by atoms with Gasteiger partial charge in [-0.05, 0) is 25.2 Å². The Balaban J connectivity index is 1.60. The summed E-state index contributed by atoms with van der Waals surface area (Å²) in [6.07, 6.45) is 10.2. The highest BCUT2D eigenvalue weighted by Gasteiger charge is 2.74. The van der Waals surface area contributed by atoms with Gasteiger partial charge in [-0.1, -0.05) is 19.3 Å². The Morgan fingerprint density at radius 2 is 1.87 bits per heavy atom. The molecule has 1 aliphatic carbocycles. The monoisotopic (exact) mass is 210 g/mol. The maximum absolute atomic E-state index is 5.99. The van der Waals surface area contributed by atoms with Gasteiger partial charge >= 0.3 is 5.97 Å². The van der Waals surface area contributed by atoms with Crippen molar-refractivity contribution in [2.45, 2.75) is 69.2 Å². The van der Waals surface area contributed by atoms with E-state index in [1.54, 1.807) is 0 Å². The fourth-order valence-electron chi connectivity index (χ4n) is 3.57. The van der Waals surface area contributed by atoms with Crippen molar-refractivity contribution in [2.75, 3.05) is 0 Å². The Hall–Kier alpha value is -0.120. The van der Waals surface area contributed by atoms with E-state index in [-0.39, 0.29) is 11.9 Å². The van der Waals surface area contributed by atoms with Crippen LogP contribution in [0.5, 0.6) is 0 Å². The van der Waals surface area contributed by atoms with Crippen LogP contribution in [0.3, 0.4) is 0 Å². The van der Waals surface area contributed by atoms with Crippen molar-refractivity contribution in [3.05, 3.63) is 0 Å². The zero-order valence-corrected chi connectivity index (χ0v) is 9.04. The van der Waals surface area contributed by atoms with E-state index < -0.39 is 5.97 Å². The van der Waals surface area contributed by atoms with Gasteiger partial charge in [0.05, 0.1) is 0 Å². The maximum Gasteiger partial charge on any atom is 0.316 e. The summed E-state index contributed by atoms with van der Waals surface area (Å²) in [7, 11) is 0. The average molecular weight is 210 g/mol. The Kier molecular flexibility index (Phi) is 1.65. The molecule has 0 aromatic carbocycles. The Morgan fingerprint density at radius 3 is 2.80 bits per heavy atom. The van der Waals surface area contributed by atoms with Crippen molar-refractivity contribution >= 4 is 0 Å². The van der Waals surface area contributed by atoms with Crippen LogP contribution in [-0.4, -0.2) is 17.9 Å². The Bertz CT molecular complexity index is 283. The zero-order chi connectivity index (χ0) is 9.93. The molecule has 15 heavy (non-hydrogen) atoms. The molecule has 3 bridgehead atoms. The van der Waals surface area contributed by atoms with Crippen LogP contribution in [0.2, 0.25) is 0 Å². The highest BCUT2D eigenvalue weighted by Crippen LogP contribution is 2.60. The fourth-order valence-corrected chi connectivity index (χ4v) is 3.57. The van der Waals surface area contributed by atoms with Crippen LogP contribution < -0.4 is 0 Å². The van der Waals surface area contributed by atoms with Crippen LogP contribution in [0.15, 0.2) is 0 Å². The van der Waals surface area contributed by atoms with Gasteiger partial charge < -0.3 is 4.74 Å². The van der Waals surface area contributed by atoms with Gasteiger partial charge in [-0.3, -0.25) is 9.47 Å². The van der Waals surface area contributed by atoms with Gasteiger partial charge in [0.2, 0.25) is 0 Å². The summed E-state index contributed by atoms with van der Waals surface area (Å²) in [5.41, 5.74) is 0. The van der Waals surface area contributed by atoms with Crippen LogP contribution in [0.25, 0.3) is 0 Å². The highest BCUT2D eigenvalue weighted by molar-refractivity contribution is 5.01. The molecule has 84 valence electrons. The lowest BCUT2D eigenvalue weighted by Gasteiger charge is -2.49. The number of hydrogen-bond donors (Lipinski definition) is 0. The number of epoxide rings is 1. The van der Waals surface area contributed by atoms with Crippen LogP contribution in [-0.2, 0) is 14.2 Å². The molecule has 3 nitrogen and oxygen atoms in total. The third-order valence-corrected chi connectivity index (χ3v) is 4.41. The molecule has 0 amide bonds. The normalized spacial score (nSPS) is 57.6. The first kappa shape index (κ1) is 8.97. The lowest BCUT2D eigenvalue weighted by Crippen LogP contribution is -2.59. The van der Waals surface area contributed by atoms with Crippen LogP contribution >= 0.6 is 0 Å². The minimum Gasteiger partial charge on any atom is -0.313 e. The first-order valence-corrected chi connectivity index (χ1v) is 6.39. The van der Waals surface area contributed by atoms with Gasteiger partial charge in [0.25, 0.3) is 0 Å². The number of fused-ring (bicyclic) bond motifs is 1. The van der Waals surface area contributed by atoms with Gasteiger partial charge in [-0.15, -0.1) is 0 Å². The molecule has 4 heterocycles. The minimum absolute atomic E-state index is 0.243. The molecule has 5 fully saturated rings. The van der Waals surface area contributed by atoms with Crippen molar-refractivity contribution in [3.63, 3.8) is 0 Å². The maximum atomic E-state index is 5.99. The molecule has 0 N–H and O–H groups in total. The zero-order valence-electron chi connectivity index (χ0n) is 9.04. The molecule has 2 atom stereocenters. The van der Waals surface area contributed by atoms with E-state index >= 15 is 0 Å². The van der Waals surface area contributed by atoms with Crippen molar-refractivity contribution < 1.29 is 14.2 Å². The number of ether oxygens (including phenoxy) is 3. The average Bonchev–Trinajstić information content (AvgIpc) is 2.74. The Labute approximate surface area is 90.1 Å². The second-order valence-corrected chi connectivity index (χ2v) is 5.57. The van der Waals surface area contributed by atoms with Crippen LogP contribution in [0, 0.1) is 5.92 Å². The third-order valence-electron chi connectivity index (χ3n) is 4.41. The second kappa shape index (κ2) is 2.76. The first-order valence-electron chi connectivity index (χ1n) is 6.39. The number of hydrogen-bond acceptors (Lipinski definition) is 3. The van der Waals surface area contributed by atoms with Gasteiger partial charge in [0.15, 0.2) is 5.79 Å². The largest absolute Gasteiger partial charge is 0.316 e. The lowest BCUT2D eigenvalue weighted by molar-refractivity contribution is -0.509. The molecule has 1 saturated carbocycles. The molecule has 4 saturated heterocycles. The molecule has 0 aromatic heterocycles. The molecular weight excluding hydrogens is 192 g/mol. The smallest absolute Gasteiger partial charge is 0.313 e. The van der Waals surface area contributed by atoms with Crippen molar-refractivity contribution in [1.29, 1.82) is 0 Å². The second-order valence-electron chi connectivity index (χ2n) is 5.57. The standard InChI is InChI=1S/C12H18O3/c1-2-4-9-5-6-10-12(13-10)14-11(8-9,15-12)7-3-1/h9-10H,1-8H2.